The van der Waals surface area contributed by atoms with Crippen molar-refractivity contribution in [2.45, 2.75) is 37.5 Å². The summed E-state index contributed by atoms with van der Waals surface area (Å²) in [6.45, 7) is 3.63. The second-order valence-electron chi connectivity index (χ2n) is 8.46. The number of esters is 1. The number of aryl methyl sites for hydroxylation is 2. The van der Waals surface area contributed by atoms with Crippen molar-refractivity contribution in [2.24, 2.45) is 7.05 Å². The molecule has 34 heavy (non-hydrogen) atoms. The summed E-state index contributed by atoms with van der Waals surface area (Å²) in [5, 5.41) is 4.24. The van der Waals surface area contributed by atoms with E-state index in [-0.39, 0.29) is 10.5 Å². The molecule has 1 N–H and O–H groups in total. The molecular formula is C25H30N4O4S. The van der Waals surface area contributed by atoms with Gasteiger partial charge in [0.2, 0.25) is 0 Å². The van der Waals surface area contributed by atoms with Gasteiger partial charge in [-0.1, -0.05) is 19.1 Å². The summed E-state index contributed by atoms with van der Waals surface area (Å²) in [4.78, 5) is 14.4. The molecule has 3 aromatic rings. The van der Waals surface area contributed by atoms with Crippen LogP contribution >= 0.6 is 0 Å². The number of rotatable bonds is 7. The first-order valence-electron chi connectivity index (χ1n) is 11.4. The van der Waals surface area contributed by atoms with E-state index in [1.165, 1.54) is 19.6 Å². The van der Waals surface area contributed by atoms with Crippen LogP contribution in [0.25, 0.3) is 11.1 Å². The lowest BCUT2D eigenvalue weighted by molar-refractivity contribution is 0.0600. The van der Waals surface area contributed by atoms with E-state index in [0.717, 1.165) is 42.7 Å². The lowest BCUT2D eigenvalue weighted by Gasteiger charge is -2.31. The van der Waals surface area contributed by atoms with E-state index in [2.05, 4.69) is 14.7 Å². The van der Waals surface area contributed by atoms with Crippen molar-refractivity contribution >= 4 is 27.4 Å². The Hall–Kier alpha value is -3.33. The number of nitrogens with one attached hydrogen (secondary N) is 1. The van der Waals surface area contributed by atoms with Gasteiger partial charge < -0.3 is 9.64 Å². The Morgan fingerprint density at radius 3 is 2.50 bits per heavy atom. The molecule has 4 rings (SSSR count). The molecule has 0 bridgehead atoms. The highest BCUT2D eigenvalue weighted by atomic mass is 32.2. The van der Waals surface area contributed by atoms with Crippen LogP contribution in [-0.2, 0) is 28.2 Å². The van der Waals surface area contributed by atoms with Gasteiger partial charge >= 0.3 is 5.97 Å². The van der Waals surface area contributed by atoms with E-state index in [0.29, 0.717) is 17.7 Å². The van der Waals surface area contributed by atoms with E-state index in [1.54, 1.807) is 23.0 Å². The van der Waals surface area contributed by atoms with Gasteiger partial charge in [-0.2, -0.15) is 5.10 Å². The van der Waals surface area contributed by atoms with Gasteiger partial charge in [0, 0.05) is 31.9 Å². The first kappa shape index (κ1) is 23.8. The average Bonchev–Trinajstić information content (AvgIpc) is 3.29. The van der Waals surface area contributed by atoms with Crippen LogP contribution in [0.4, 0.5) is 11.4 Å². The maximum Gasteiger partial charge on any atom is 0.337 e. The molecule has 0 spiro atoms. The summed E-state index contributed by atoms with van der Waals surface area (Å²) in [7, 11) is -0.862. The van der Waals surface area contributed by atoms with Gasteiger partial charge in [0.15, 0.2) is 0 Å². The minimum absolute atomic E-state index is 0.0780. The van der Waals surface area contributed by atoms with Gasteiger partial charge in [-0.3, -0.25) is 9.40 Å². The Morgan fingerprint density at radius 2 is 1.85 bits per heavy atom. The molecule has 8 nitrogen and oxygen atoms in total. The molecule has 180 valence electrons. The lowest BCUT2D eigenvalue weighted by Crippen LogP contribution is -2.30. The highest BCUT2D eigenvalue weighted by Gasteiger charge is 2.24. The van der Waals surface area contributed by atoms with E-state index in [4.69, 9.17) is 4.74 Å². The SMILES string of the molecule is CCc1ccc(C(=O)OC)cc1S(=O)(=O)Nc1cc(-c2cnn(C)c2)ccc1N1CCCCC1. The molecule has 0 atom stereocenters. The van der Waals surface area contributed by atoms with Gasteiger partial charge in [0.1, 0.15) is 0 Å². The second-order valence-corrected chi connectivity index (χ2v) is 10.1. The smallest absolute Gasteiger partial charge is 0.337 e. The standard InChI is InChI=1S/C25H30N4O4S/c1-4-18-8-9-20(25(30)33-3)15-24(18)34(31,32)27-22-14-19(21-16-26-28(2)17-21)10-11-23(22)29-12-6-5-7-13-29/h8-11,14-17,27H,4-7,12-13H2,1-3H3. The van der Waals surface area contributed by atoms with Crippen LogP contribution in [0.15, 0.2) is 53.7 Å². The van der Waals surface area contributed by atoms with Crippen molar-refractivity contribution in [3.05, 3.63) is 59.9 Å². The van der Waals surface area contributed by atoms with Crippen LogP contribution < -0.4 is 9.62 Å². The molecule has 1 fully saturated rings. The molecular weight excluding hydrogens is 452 g/mol. The van der Waals surface area contributed by atoms with Gasteiger partial charge in [-0.05, 0) is 61.1 Å². The number of anilines is 2. The monoisotopic (exact) mass is 482 g/mol. The van der Waals surface area contributed by atoms with Crippen molar-refractivity contribution in [1.82, 2.24) is 9.78 Å². The third kappa shape index (κ3) is 4.94. The summed E-state index contributed by atoms with van der Waals surface area (Å²) in [6, 6.07) is 10.5. The number of sulfonamides is 1. The first-order valence-corrected chi connectivity index (χ1v) is 12.9. The number of nitrogens with zero attached hydrogens (tertiary/aromatic N) is 3. The van der Waals surface area contributed by atoms with Crippen LogP contribution in [0.1, 0.15) is 42.1 Å². The van der Waals surface area contributed by atoms with Crippen LogP contribution in [0, 0.1) is 0 Å². The van der Waals surface area contributed by atoms with E-state index in [1.807, 2.05) is 38.4 Å². The highest BCUT2D eigenvalue weighted by molar-refractivity contribution is 7.92. The number of methoxy groups -OCH3 is 1. The topological polar surface area (TPSA) is 93.5 Å². The zero-order valence-corrected chi connectivity index (χ0v) is 20.6. The summed E-state index contributed by atoms with van der Waals surface area (Å²) in [5.41, 5.74) is 3.94. The van der Waals surface area contributed by atoms with Crippen molar-refractivity contribution in [3.63, 3.8) is 0 Å². The Bertz CT molecular complexity index is 1290. The molecule has 0 radical (unpaired) electrons. The maximum atomic E-state index is 13.6. The molecule has 0 amide bonds. The number of hydrogen-bond acceptors (Lipinski definition) is 6. The highest BCUT2D eigenvalue weighted by Crippen LogP contribution is 2.35. The van der Waals surface area contributed by atoms with Crippen molar-refractivity contribution in [3.8, 4) is 11.1 Å². The molecule has 1 saturated heterocycles. The second kappa shape index (κ2) is 9.89. The number of carbonyl (C=O) groups excluding carboxylic acids is 1. The zero-order chi connectivity index (χ0) is 24.3. The Labute approximate surface area is 200 Å². The molecule has 0 aliphatic carbocycles. The van der Waals surface area contributed by atoms with Crippen molar-refractivity contribution in [2.75, 3.05) is 29.8 Å². The van der Waals surface area contributed by atoms with Gasteiger partial charge in [0.25, 0.3) is 10.0 Å². The van der Waals surface area contributed by atoms with Crippen LogP contribution in [-0.4, -0.2) is 44.4 Å². The minimum Gasteiger partial charge on any atom is -0.465 e. The third-order valence-corrected chi connectivity index (χ3v) is 7.58. The fraction of sp³-hybridized carbons (Fsp3) is 0.360. The summed E-state index contributed by atoms with van der Waals surface area (Å²) in [5.74, 6) is -0.577. The molecule has 2 aromatic carbocycles. The van der Waals surface area contributed by atoms with E-state index < -0.39 is 16.0 Å². The number of carbonyl (C=O) groups is 1. The quantitative estimate of drug-likeness (QED) is 0.507. The number of piperidine rings is 1. The largest absolute Gasteiger partial charge is 0.465 e. The minimum atomic E-state index is -3.98. The summed E-state index contributed by atoms with van der Waals surface area (Å²) >= 11 is 0. The molecule has 1 aromatic heterocycles. The zero-order valence-electron chi connectivity index (χ0n) is 19.7. The molecule has 2 heterocycles. The Balaban J connectivity index is 1.78. The molecule has 0 unspecified atom stereocenters. The summed E-state index contributed by atoms with van der Waals surface area (Å²) in [6.07, 6.45) is 7.46. The average molecular weight is 483 g/mol. The predicted octanol–water partition coefficient (Wildman–Crippen LogP) is 4.23. The summed E-state index contributed by atoms with van der Waals surface area (Å²) < 4.78 is 36.6. The molecule has 9 heteroatoms. The van der Waals surface area contributed by atoms with Gasteiger partial charge in [0.05, 0.1) is 35.1 Å². The number of ether oxygens (including phenoxy) is 1. The number of aromatic nitrogens is 2. The normalized spacial score (nSPS) is 14.1. The third-order valence-electron chi connectivity index (χ3n) is 6.13. The van der Waals surface area contributed by atoms with E-state index >= 15 is 0 Å². The van der Waals surface area contributed by atoms with Crippen molar-refractivity contribution < 1.29 is 17.9 Å². The van der Waals surface area contributed by atoms with Crippen LogP contribution in [0.5, 0.6) is 0 Å². The lowest BCUT2D eigenvalue weighted by atomic mass is 10.1. The molecule has 1 aliphatic rings. The van der Waals surface area contributed by atoms with Crippen LogP contribution in [0.2, 0.25) is 0 Å². The molecule has 1 aliphatic heterocycles. The number of hydrogen-bond donors (Lipinski definition) is 1. The maximum absolute atomic E-state index is 13.6. The first-order chi connectivity index (χ1) is 16.3. The van der Waals surface area contributed by atoms with Crippen molar-refractivity contribution in [1.29, 1.82) is 0 Å². The van der Waals surface area contributed by atoms with Gasteiger partial charge in [-0.15, -0.1) is 0 Å². The molecule has 0 saturated carbocycles. The van der Waals surface area contributed by atoms with E-state index in [9.17, 15) is 13.2 Å². The number of benzene rings is 2. The Kier molecular flexibility index (Phi) is 6.92. The predicted molar refractivity (Wildman–Crippen MR) is 133 cm³/mol. The van der Waals surface area contributed by atoms with Gasteiger partial charge in [-0.25, -0.2) is 13.2 Å². The fourth-order valence-electron chi connectivity index (χ4n) is 4.32. The van der Waals surface area contributed by atoms with Crippen LogP contribution in [0.3, 0.4) is 0 Å². The fourth-order valence-corrected chi connectivity index (χ4v) is 5.72. The Morgan fingerprint density at radius 1 is 1.09 bits per heavy atom.